The van der Waals surface area contributed by atoms with Gasteiger partial charge in [0.05, 0.1) is 11.9 Å². The van der Waals surface area contributed by atoms with Gasteiger partial charge in [-0.25, -0.2) is 8.42 Å². The maximum atomic E-state index is 13.5. The first-order valence-electron chi connectivity index (χ1n) is 11.8. The fourth-order valence-electron chi connectivity index (χ4n) is 4.26. The predicted molar refractivity (Wildman–Crippen MR) is 135 cm³/mol. The largest absolute Gasteiger partial charge is 0.352 e. The zero-order valence-corrected chi connectivity index (χ0v) is 21.1. The Labute approximate surface area is 203 Å². The van der Waals surface area contributed by atoms with E-state index in [0.717, 1.165) is 47.4 Å². The Morgan fingerprint density at radius 2 is 1.62 bits per heavy atom. The van der Waals surface area contributed by atoms with Gasteiger partial charge in [-0.2, -0.15) is 0 Å². The van der Waals surface area contributed by atoms with E-state index in [0.29, 0.717) is 5.69 Å². The van der Waals surface area contributed by atoms with Gasteiger partial charge in [-0.05, 0) is 44.4 Å². The third kappa shape index (κ3) is 7.06. The summed E-state index contributed by atoms with van der Waals surface area (Å²) in [6.45, 7) is 3.45. The van der Waals surface area contributed by atoms with Crippen LogP contribution >= 0.6 is 0 Å². The standard InChI is InChI=1S/C26H35N3O4S/c1-20-14-16-24(17-15-20)29(34(3,32)33)19-25(30)28(18-22-10-6-4-7-11-22)21(2)26(31)27-23-12-8-5-9-13-23/h4,6-7,10-11,14-17,21,23H,5,8-9,12-13,18-19H2,1-3H3,(H,27,31)/t21-/m1/s1. The first-order chi connectivity index (χ1) is 16.1. The summed E-state index contributed by atoms with van der Waals surface area (Å²) in [6.07, 6.45) is 6.33. The fourth-order valence-corrected chi connectivity index (χ4v) is 5.11. The number of nitrogens with one attached hydrogen (secondary N) is 1. The minimum absolute atomic E-state index is 0.123. The van der Waals surface area contributed by atoms with Gasteiger partial charge in [0.15, 0.2) is 0 Å². The molecule has 3 rings (SSSR count). The van der Waals surface area contributed by atoms with Crippen molar-refractivity contribution >= 4 is 27.5 Å². The third-order valence-corrected chi connectivity index (χ3v) is 7.46. The Hall–Kier alpha value is -2.87. The fraction of sp³-hybridized carbons (Fsp3) is 0.462. The molecule has 2 aromatic carbocycles. The van der Waals surface area contributed by atoms with Gasteiger partial charge in [-0.1, -0.05) is 67.3 Å². The van der Waals surface area contributed by atoms with Crippen molar-refractivity contribution in [3.8, 4) is 0 Å². The maximum absolute atomic E-state index is 13.5. The van der Waals surface area contributed by atoms with E-state index in [2.05, 4.69) is 5.32 Å². The molecule has 0 aliphatic heterocycles. The average molecular weight is 486 g/mol. The van der Waals surface area contributed by atoms with E-state index in [1.54, 1.807) is 31.2 Å². The number of benzene rings is 2. The van der Waals surface area contributed by atoms with Gasteiger partial charge in [0.25, 0.3) is 0 Å². The van der Waals surface area contributed by atoms with Crippen LogP contribution in [0, 0.1) is 6.92 Å². The molecule has 0 unspecified atom stereocenters. The quantitative estimate of drug-likeness (QED) is 0.588. The van der Waals surface area contributed by atoms with E-state index in [9.17, 15) is 18.0 Å². The summed E-state index contributed by atoms with van der Waals surface area (Å²) in [6, 6.07) is 15.8. The Morgan fingerprint density at radius 1 is 1.00 bits per heavy atom. The van der Waals surface area contributed by atoms with Crippen LogP contribution in [-0.4, -0.2) is 50.0 Å². The summed E-state index contributed by atoms with van der Waals surface area (Å²) in [5.41, 5.74) is 2.28. The Morgan fingerprint density at radius 3 is 2.21 bits per heavy atom. The molecule has 2 aromatic rings. The van der Waals surface area contributed by atoms with Gasteiger partial charge in [-0.15, -0.1) is 0 Å². The number of amides is 2. The number of carbonyl (C=O) groups excluding carboxylic acids is 2. The Kier molecular flexibility index (Phi) is 8.72. The van der Waals surface area contributed by atoms with E-state index in [1.807, 2.05) is 37.3 Å². The highest BCUT2D eigenvalue weighted by molar-refractivity contribution is 7.92. The van der Waals surface area contributed by atoms with Crippen molar-refractivity contribution in [2.24, 2.45) is 0 Å². The number of hydrogen-bond donors (Lipinski definition) is 1. The zero-order chi connectivity index (χ0) is 24.7. The molecule has 1 atom stereocenters. The normalized spacial score (nSPS) is 15.4. The summed E-state index contributed by atoms with van der Waals surface area (Å²) >= 11 is 0. The minimum atomic E-state index is -3.72. The van der Waals surface area contributed by atoms with Gasteiger partial charge >= 0.3 is 0 Å². The number of aryl methyl sites for hydroxylation is 1. The summed E-state index contributed by atoms with van der Waals surface area (Å²) < 4.78 is 26.2. The molecule has 7 nitrogen and oxygen atoms in total. The van der Waals surface area contributed by atoms with Crippen molar-refractivity contribution in [2.75, 3.05) is 17.1 Å². The topological polar surface area (TPSA) is 86.8 Å². The monoisotopic (exact) mass is 485 g/mol. The molecule has 1 aliphatic rings. The molecule has 0 aromatic heterocycles. The van der Waals surface area contributed by atoms with E-state index in [-0.39, 0.29) is 25.0 Å². The molecule has 0 heterocycles. The van der Waals surface area contributed by atoms with Crippen LogP contribution in [0.15, 0.2) is 54.6 Å². The molecule has 1 saturated carbocycles. The van der Waals surface area contributed by atoms with Gasteiger partial charge < -0.3 is 10.2 Å². The Bertz CT molecular complexity index is 1060. The van der Waals surface area contributed by atoms with Crippen molar-refractivity contribution in [1.29, 1.82) is 0 Å². The molecule has 2 amide bonds. The van der Waals surface area contributed by atoms with E-state index < -0.39 is 22.0 Å². The molecule has 184 valence electrons. The van der Waals surface area contributed by atoms with Crippen LogP contribution in [0.25, 0.3) is 0 Å². The molecular formula is C26H35N3O4S. The molecule has 1 N–H and O–H groups in total. The molecule has 0 bridgehead atoms. The molecule has 1 fully saturated rings. The zero-order valence-electron chi connectivity index (χ0n) is 20.2. The lowest BCUT2D eigenvalue weighted by Gasteiger charge is -2.33. The number of anilines is 1. The number of hydrogen-bond acceptors (Lipinski definition) is 4. The van der Waals surface area contributed by atoms with Gasteiger partial charge in [0.1, 0.15) is 12.6 Å². The number of nitrogens with zero attached hydrogens (tertiary/aromatic N) is 2. The first-order valence-corrected chi connectivity index (χ1v) is 13.7. The van der Waals surface area contributed by atoms with Crippen LogP contribution in [-0.2, 0) is 26.2 Å². The highest BCUT2D eigenvalue weighted by Gasteiger charge is 2.31. The number of carbonyl (C=O) groups is 2. The van der Waals surface area contributed by atoms with Crippen LogP contribution in [0.2, 0.25) is 0 Å². The highest BCUT2D eigenvalue weighted by Crippen LogP contribution is 2.21. The Balaban J connectivity index is 1.83. The molecule has 8 heteroatoms. The summed E-state index contributed by atoms with van der Waals surface area (Å²) in [5.74, 6) is -0.640. The summed E-state index contributed by atoms with van der Waals surface area (Å²) in [5, 5.41) is 3.10. The summed E-state index contributed by atoms with van der Waals surface area (Å²) in [4.78, 5) is 28.1. The average Bonchev–Trinajstić information content (AvgIpc) is 2.81. The smallest absolute Gasteiger partial charge is 0.244 e. The van der Waals surface area contributed by atoms with Crippen LogP contribution in [0.5, 0.6) is 0 Å². The van der Waals surface area contributed by atoms with Crippen molar-refractivity contribution in [2.45, 2.75) is 64.6 Å². The van der Waals surface area contributed by atoms with Crippen LogP contribution < -0.4 is 9.62 Å². The van der Waals surface area contributed by atoms with Gasteiger partial charge in [0, 0.05) is 12.6 Å². The highest BCUT2D eigenvalue weighted by atomic mass is 32.2. The van der Waals surface area contributed by atoms with Crippen molar-refractivity contribution in [3.63, 3.8) is 0 Å². The van der Waals surface area contributed by atoms with Gasteiger partial charge in [-0.3, -0.25) is 13.9 Å². The van der Waals surface area contributed by atoms with E-state index in [4.69, 9.17) is 0 Å². The second-order valence-corrected chi connectivity index (χ2v) is 11.0. The number of rotatable bonds is 9. The minimum Gasteiger partial charge on any atom is -0.352 e. The van der Waals surface area contributed by atoms with Crippen molar-refractivity contribution in [3.05, 3.63) is 65.7 Å². The lowest BCUT2D eigenvalue weighted by Crippen LogP contribution is -2.52. The van der Waals surface area contributed by atoms with Crippen LogP contribution in [0.4, 0.5) is 5.69 Å². The summed E-state index contributed by atoms with van der Waals surface area (Å²) in [7, 11) is -3.72. The van der Waals surface area contributed by atoms with E-state index in [1.165, 1.54) is 11.3 Å². The lowest BCUT2D eigenvalue weighted by atomic mass is 9.95. The SMILES string of the molecule is Cc1ccc(N(CC(=O)N(Cc2ccccc2)[C@H](C)C(=O)NC2CCCCC2)S(C)(=O)=O)cc1. The molecule has 0 spiro atoms. The molecule has 0 radical (unpaired) electrons. The molecule has 0 saturated heterocycles. The van der Waals surface area contributed by atoms with Crippen molar-refractivity contribution < 1.29 is 18.0 Å². The first kappa shape index (κ1) is 25.7. The van der Waals surface area contributed by atoms with Gasteiger partial charge in [0.2, 0.25) is 21.8 Å². The predicted octanol–water partition coefficient (Wildman–Crippen LogP) is 3.63. The number of sulfonamides is 1. The van der Waals surface area contributed by atoms with Crippen molar-refractivity contribution in [1.82, 2.24) is 10.2 Å². The second-order valence-electron chi connectivity index (χ2n) is 9.13. The van der Waals surface area contributed by atoms with E-state index >= 15 is 0 Å². The lowest BCUT2D eigenvalue weighted by molar-refractivity contribution is -0.139. The maximum Gasteiger partial charge on any atom is 0.244 e. The molecule has 34 heavy (non-hydrogen) atoms. The third-order valence-electron chi connectivity index (χ3n) is 6.32. The van der Waals surface area contributed by atoms with Crippen LogP contribution in [0.1, 0.15) is 50.2 Å². The van der Waals surface area contributed by atoms with Crippen LogP contribution in [0.3, 0.4) is 0 Å². The molecule has 1 aliphatic carbocycles. The molecular weight excluding hydrogens is 450 g/mol. The second kappa shape index (κ2) is 11.5.